The second kappa shape index (κ2) is 6.39. The van der Waals surface area contributed by atoms with Gasteiger partial charge in [-0.25, -0.2) is 18.4 Å². The molecule has 2 heterocycles. The molecule has 1 aliphatic carbocycles. The van der Waals surface area contributed by atoms with E-state index in [0.29, 0.717) is 10.9 Å². The fourth-order valence-corrected chi connectivity index (χ4v) is 5.69. The molecule has 0 radical (unpaired) electrons. The van der Waals surface area contributed by atoms with Gasteiger partial charge in [-0.15, -0.1) is 0 Å². The third kappa shape index (κ3) is 2.96. The predicted molar refractivity (Wildman–Crippen MR) is 102 cm³/mol. The predicted octanol–water partition coefficient (Wildman–Crippen LogP) is 2.96. The van der Waals surface area contributed by atoms with Gasteiger partial charge in [0.2, 0.25) is 0 Å². The van der Waals surface area contributed by atoms with Gasteiger partial charge in [-0.3, -0.25) is 0 Å². The molecule has 0 aliphatic heterocycles. The lowest BCUT2D eigenvalue weighted by Gasteiger charge is -2.41. The van der Waals surface area contributed by atoms with Crippen molar-refractivity contribution in [1.29, 1.82) is 0 Å². The Bertz CT molecular complexity index is 1040. The first-order valence-corrected chi connectivity index (χ1v) is 10.4. The van der Waals surface area contributed by atoms with E-state index in [-0.39, 0.29) is 11.7 Å². The number of H-pyrrole nitrogens is 1. The van der Waals surface area contributed by atoms with Gasteiger partial charge in [0.1, 0.15) is 17.8 Å². The normalized spacial score (nSPS) is 20.1. The third-order valence-electron chi connectivity index (χ3n) is 5.31. The molecule has 0 saturated heterocycles. The molecule has 6 nitrogen and oxygen atoms in total. The van der Waals surface area contributed by atoms with Crippen LogP contribution in [0.1, 0.15) is 18.4 Å². The van der Waals surface area contributed by atoms with Crippen LogP contribution in [-0.2, 0) is 9.84 Å². The Kier molecular flexibility index (Phi) is 4.19. The molecule has 0 spiro atoms. The molecule has 0 bridgehead atoms. The zero-order valence-electron chi connectivity index (χ0n) is 14.9. The molecule has 1 aromatic carbocycles. The average Bonchev–Trinajstić information content (AvgIpc) is 3.06. The molecular formula is C19H22N4O2S. The largest absolute Gasteiger partial charge is 0.356 e. The van der Waals surface area contributed by atoms with E-state index in [1.807, 2.05) is 38.4 Å². The maximum atomic E-state index is 12.7. The third-order valence-corrected chi connectivity index (χ3v) is 7.35. The van der Waals surface area contributed by atoms with Crippen LogP contribution >= 0.6 is 0 Å². The van der Waals surface area contributed by atoms with E-state index < -0.39 is 9.84 Å². The lowest BCUT2D eigenvalue weighted by Crippen LogP contribution is -2.45. The molecule has 1 saturated carbocycles. The second-order valence-electron chi connectivity index (χ2n) is 7.09. The van der Waals surface area contributed by atoms with E-state index in [1.165, 1.54) is 0 Å². The van der Waals surface area contributed by atoms with E-state index in [2.05, 4.69) is 19.9 Å². The topological polar surface area (TPSA) is 79.0 Å². The highest BCUT2D eigenvalue weighted by atomic mass is 32.2. The first kappa shape index (κ1) is 17.0. The maximum absolute atomic E-state index is 12.7. The molecule has 1 fully saturated rings. The van der Waals surface area contributed by atoms with Crippen LogP contribution in [0.2, 0.25) is 0 Å². The number of aromatic nitrogens is 3. The standard InChI is InChI=1S/C19H22N4O2S/c1-13-5-3-4-6-17(13)26(24,25)11-14-9-15(10-14)23(2)19-16-7-8-20-18(16)21-12-22-19/h3-8,12,14-15H,9-11H2,1-2H3,(H,20,21,22)/t14-,15+. The van der Waals surface area contributed by atoms with Crippen LogP contribution < -0.4 is 4.90 Å². The van der Waals surface area contributed by atoms with Gasteiger partial charge in [0.15, 0.2) is 9.84 Å². The minimum absolute atomic E-state index is 0.190. The fourth-order valence-electron chi connectivity index (χ4n) is 3.77. The lowest BCUT2D eigenvalue weighted by molar-refractivity contribution is 0.282. The minimum atomic E-state index is -3.24. The van der Waals surface area contributed by atoms with Gasteiger partial charge < -0.3 is 9.88 Å². The number of benzene rings is 1. The summed E-state index contributed by atoms with van der Waals surface area (Å²) in [4.78, 5) is 14.3. The van der Waals surface area contributed by atoms with Crippen LogP contribution in [0.3, 0.4) is 0 Å². The minimum Gasteiger partial charge on any atom is -0.356 e. The summed E-state index contributed by atoms with van der Waals surface area (Å²) in [6.07, 6.45) is 5.13. The highest BCUT2D eigenvalue weighted by molar-refractivity contribution is 7.91. The van der Waals surface area contributed by atoms with Crippen molar-refractivity contribution in [2.24, 2.45) is 5.92 Å². The fraction of sp³-hybridized carbons (Fsp3) is 0.368. The first-order chi connectivity index (χ1) is 12.5. The van der Waals surface area contributed by atoms with Crippen LogP contribution in [0.5, 0.6) is 0 Å². The molecule has 2 aromatic heterocycles. The van der Waals surface area contributed by atoms with Gasteiger partial charge in [0.25, 0.3) is 0 Å². The summed E-state index contributed by atoms with van der Waals surface area (Å²) < 4.78 is 25.4. The van der Waals surface area contributed by atoms with Crippen molar-refractivity contribution in [1.82, 2.24) is 15.0 Å². The van der Waals surface area contributed by atoms with E-state index in [1.54, 1.807) is 18.5 Å². The number of aromatic amines is 1. The number of rotatable bonds is 5. The van der Waals surface area contributed by atoms with Crippen molar-refractivity contribution in [3.8, 4) is 0 Å². The first-order valence-electron chi connectivity index (χ1n) is 8.75. The Morgan fingerprint density at radius 2 is 1.96 bits per heavy atom. The van der Waals surface area contributed by atoms with E-state index in [4.69, 9.17) is 0 Å². The van der Waals surface area contributed by atoms with Crippen molar-refractivity contribution in [2.45, 2.75) is 30.7 Å². The molecule has 0 atom stereocenters. The summed E-state index contributed by atoms with van der Waals surface area (Å²) in [6, 6.07) is 9.48. The highest BCUT2D eigenvalue weighted by Crippen LogP contribution is 2.36. The number of hydrogen-bond acceptors (Lipinski definition) is 5. The van der Waals surface area contributed by atoms with E-state index in [9.17, 15) is 8.42 Å². The number of nitrogens with one attached hydrogen (secondary N) is 1. The van der Waals surface area contributed by atoms with Crippen molar-refractivity contribution in [3.05, 3.63) is 48.4 Å². The lowest BCUT2D eigenvalue weighted by atomic mass is 9.81. The molecule has 3 aromatic rings. The smallest absolute Gasteiger partial charge is 0.178 e. The molecule has 0 amide bonds. The zero-order valence-corrected chi connectivity index (χ0v) is 15.7. The Labute approximate surface area is 153 Å². The summed E-state index contributed by atoms with van der Waals surface area (Å²) in [6.45, 7) is 1.85. The van der Waals surface area contributed by atoms with Gasteiger partial charge in [-0.05, 0) is 43.4 Å². The number of fused-ring (bicyclic) bond motifs is 1. The summed E-state index contributed by atoms with van der Waals surface area (Å²) in [5, 5.41) is 0.992. The van der Waals surface area contributed by atoms with Crippen molar-refractivity contribution < 1.29 is 8.42 Å². The maximum Gasteiger partial charge on any atom is 0.178 e. The number of anilines is 1. The van der Waals surface area contributed by atoms with Crippen molar-refractivity contribution >= 4 is 26.7 Å². The monoisotopic (exact) mass is 370 g/mol. The van der Waals surface area contributed by atoms with Crippen LogP contribution in [-0.4, -0.2) is 42.2 Å². The van der Waals surface area contributed by atoms with Gasteiger partial charge in [-0.2, -0.15) is 0 Å². The van der Waals surface area contributed by atoms with Gasteiger partial charge >= 0.3 is 0 Å². The number of aryl methyl sites for hydroxylation is 1. The zero-order chi connectivity index (χ0) is 18.3. The molecule has 26 heavy (non-hydrogen) atoms. The van der Waals surface area contributed by atoms with Crippen LogP contribution in [0.25, 0.3) is 11.0 Å². The quantitative estimate of drug-likeness (QED) is 0.747. The van der Waals surface area contributed by atoms with Gasteiger partial charge in [-0.1, -0.05) is 18.2 Å². The molecule has 1 N–H and O–H groups in total. The molecule has 0 unspecified atom stereocenters. The molecule has 1 aliphatic rings. The molecule has 7 heteroatoms. The number of sulfone groups is 1. The van der Waals surface area contributed by atoms with Crippen molar-refractivity contribution in [3.63, 3.8) is 0 Å². The molecule has 4 rings (SSSR count). The highest BCUT2D eigenvalue weighted by Gasteiger charge is 2.36. The van der Waals surface area contributed by atoms with Crippen LogP contribution in [0.15, 0.2) is 47.8 Å². The van der Waals surface area contributed by atoms with E-state index in [0.717, 1.165) is 35.3 Å². The van der Waals surface area contributed by atoms with Crippen LogP contribution in [0.4, 0.5) is 5.82 Å². The van der Waals surface area contributed by atoms with Gasteiger partial charge in [0, 0.05) is 19.3 Å². The number of nitrogens with zero attached hydrogens (tertiary/aromatic N) is 3. The second-order valence-corrected chi connectivity index (χ2v) is 9.09. The summed E-state index contributed by atoms with van der Waals surface area (Å²) in [5.74, 6) is 1.29. The van der Waals surface area contributed by atoms with Crippen LogP contribution in [0, 0.1) is 12.8 Å². The SMILES string of the molecule is Cc1ccccc1S(=O)(=O)C[C@H]1C[C@@H](N(C)c2ncnc3[nH]ccc23)C1. The Balaban J connectivity index is 1.44. The Morgan fingerprint density at radius 3 is 2.73 bits per heavy atom. The molecular weight excluding hydrogens is 348 g/mol. The molecule has 136 valence electrons. The van der Waals surface area contributed by atoms with E-state index >= 15 is 0 Å². The Hall–Kier alpha value is -2.41. The van der Waals surface area contributed by atoms with Gasteiger partial charge in [0.05, 0.1) is 16.0 Å². The summed E-state index contributed by atoms with van der Waals surface area (Å²) in [5.41, 5.74) is 1.64. The Morgan fingerprint density at radius 1 is 1.19 bits per heavy atom. The van der Waals surface area contributed by atoms with Crippen molar-refractivity contribution in [2.75, 3.05) is 17.7 Å². The summed E-state index contributed by atoms with van der Waals surface area (Å²) in [7, 11) is -1.22. The average molecular weight is 370 g/mol. The number of hydrogen-bond donors (Lipinski definition) is 1. The summed E-state index contributed by atoms with van der Waals surface area (Å²) >= 11 is 0.